The zero-order valence-corrected chi connectivity index (χ0v) is 15.5. The zero-order valence-electron chi connectivity index (χ0n) is 15.5. The van der Waals surface area contributed by atoms with Gasteiger partial charge in [-0.15, -0.1) is 0 Å². The first kappa shape index (κ1) is 18.8. The molecule has 2 aliphatic rings. The fourth-order valence-corrected chi connectivity index (χ4v) is 3.34. The maximum Gasteiger partial charge on any atom is 0.317 e. The molecule has 0 radical (unpaired) electrons. The van der Waals surface area contributed by atoms with E-state index in [-0.39, 0.29) is 24.4 Å². The predicted molar refractivity (Wildman–Crippen MR) is 98.0 cm³/mol. The Hall–Kier alpha value is -2.97. The molecule has 0 unspecified atom stereocenters. The highest BCUT2D eigenvalue weighted by Gasteiger charge is 2.33. The molecule has 9 nitrogen and oxygen atoms in total. The summed E-state index contributed by atoms with van der Waals surface area (Å²) in [5.74, 6) is 1.08. The van der Waals surface area contributed by atoms with Crippen molar-refractivity contribution in [1.82, 2.24) is 15.1 Å². The second-order valence-corrected chi connectivity index (χ2v) is 6.52. The summed E-state index contributed by atoms with van der Waals surface area (Å²) in [6, 6.07) is 4.83. The predicted octanol–water partition coefficient (Wildman–Crippen LogP) is 0.293. The topological polar surface area (TPSA) is 91.4 Å². The molecule has 9 heteroatoms. The summed E-state index contributed by atoms with van der Waals surface area (Å²) in [6.07, 6.45) is 1.04. The van der Waals surface area contributed by atoms with E-state index in [1.54, 1.807) is 47.1 Å². The van der Waals surface area contributed by atoms with Crippen LogP contribution in [-0.2, 0) is 9.59 Å². The van der Waals surface area contributed by atoms with Gasteiger partial charge in [-0.1, -0.05) is 0 Å². The van der Waals surface area contributed by atoms with Crippen molar-refractivity contribution in [2.24, 2.45) is 0 Å². The van der Waals surface area contributed by atoms with Crippen molar-refractivity contribution < 1.29 is 23.9 Å². The van der Waals surface area contributed by atoms with Crippen LogP contribution in [0.4, 0.5) is 10.5 Å². The SMILES string of the molecule is COc1ccc(N2C[C@H](NC(=O)N3CCN(C=O)CC3)CC2=O)cc1OC. The van der Waals surface area contributed by atoms with E-state index in [1.165, 1.54) is 0 Å². The van der Waals surface area contributed by atoms with E-state index < -0.39 is 0 Å². The van der Waals surface area contributed by atoms with Gasteiger partial charge >= 0.3 is 6.03 Å². The first-order valence-corrected chi connectivity index (χ1v) is 8.83. The number of ether oxygens (including phenoxy) is 2. The normalized spacial score (nSPS) is 19.9. The molecule has 1 aromatic carbocycles. The third-order valence-corrected chi connectivity index (χ3v) is 4.88. The molecule has 2 aliphatic heterocycles. The van der Waals surface area contributed by atoms with Crippen molar-refractivity contribution in [3.63, 3.8) is 0 Å². The van der Waals surface area contributed by atoms with E-state index in [2.05, 4.69) is 5.32 Å². The highest BCUT2D eigenvalue weighted by Crippen LogP contribution is 2.33. The van der Waals surface area contributed by atoms with Gasteiger partial charge in [0.1, 0.15) is 0 Å². The first-order valence-electron chi connectivity index (χ1n) is 8.83. The van der Waals surface area contributed by atoms with E-state index in [0.717, 1.165) is 6.41 Å². The number of anilines is 1. The fourth-order valence-electron chi connectivity index (χ4n) is 3.34. The minimum absolute atomic E-state index is 0.0571. The average molecular weight is 376 g/mol. The van der Waals surface area contributed by atoms with E-state index in [4.69, 9.17) is 9.47 Å². The number of piperazine rings is 1. The number of nitrogens with one attached hydrogen (secondary N) is 1. The number of carbonyl (C=O) groups is 3. The van der Waals surface area contributed by atoms with Gasteiger partial charge in [0.15, 0.2) is 11.5 Å². The van der Waals surface area contributed by atoms with Crippen molar-refractivity contribution >= 4 is 24.0 Å². The molecule has 146 valence electrons. The van der Waals surface area contributed by atoms with Crippen LogP contribution in [0.5, 0.6) is 11.5 Å². The molecule has 0 aliphatic carbocycles. The molecule has 2 heterocycles. The lowest BCUT2D eigenvalue weighted by molar-refractivity contribution is -0.119. The Morgan fingerprint density at radius 2 is 1.85 bits per heavy atom. The molecule has 4 amide bonds. The Bertz CT molecular complexity index is 718. The monoisotopic (exact) mass is 376 g/mol. The summed E-state index contributed by atoms with van der Waals surface area (Å²) in [5.41, 5.74) is 0.703. The largest absolute Gasteiger partial charge is 0.493 e. The number of urea groups is 1. The first-order chi connectivity index (χ1) is 13.0. The third-order valence-electron chi connectivity index (χ3n) is 4.88. The van der Waals surface area contributed by atoms with Gasteiger partial charge in [0.25, 0.3) is 0 Å². The van der Waals surface area contributed by atoms with E-state index >= 15 is 0 Å². The molecule has 0 aromatic heterocycles. The van der Waals surface area contributed by atoms with Gasteiger partial charge < -0.3 is 29.5 Å². The molecular formula is C18H24N4O5. The Balaban J connectivity index is 1.60. The van der Waals surface area contributed by atoms with Crippen molar-refractivity contribution in [2.75, 3.05) is 51.8 Å². The minimum Gasteiger partial charge on any atom is -0.493 e. The van der Waals surface area contributed by atoms with Gasteiger partial charge in [-0.05, 0) is 12.1 Å². The van der Waals surface area contributed by atoms with Crippen LogP contribution < -0.4 is 19.7 Å². The van der Waals surface area contributed by atoms with Crippen LogP contribution >= 0.6 is 0 Å². The molecule has 0 bridgehead atoms. The lowest BCUT2D eigenvalue weighted by Gasteiger charge is -2.33. The van der Waals surface area contributed by atoms with Crippen LogP contribution in [0.2, 0.25) is 0 Å². The Kier molecular flexibility index (Phi) is 5.68. The molecule has 3 rings (SSSR count). The van der Waals surface area contributed by atoms with Gasteiger partial charge in [0.05, 0.1) is 20.3 Å². The number of rotatable bonds is 5. The number of methoxy groups -OCH3 is 2. The van der Waals surface area contributed by atoms with E-state index in [9.17, 15) is 14.4 Å². The number of amides is 4. The second kappa shape index (κ2) is 8.15. The average Bonchev–Trinajstić information content (AvgIpc) is 3.07. The van der Waals surface area contributed by atoms with Crippen molar-refractivity contribution in [2.45, 2.75) is 12.5 Å². The summed E-state index contributed by atoms with van der Waals surface area (Å²) < 4.78 is 10.5. The molecule has 0 spiro atoms. The smallest absolute Gasteiger partial charge is 0.317 e. The summed E-state index contributed by atoms with van der Waals surface area (Å²) in [4.78, 5) is 40.5. The number of carbonyl (C=O) groups excluding carboxylic acids is 3. The fraction of sp³-hybridized carbons (Fsp3) is 0.500. The maximum atomic E-state index is 12.4. The van der Waals surface area contributed by atoms with Gasteiger partial charge in [-0.2, -0.15) is 0 Å². The molecule has 1 N–H and O–H groups in total. The highest BCUT2D eigenvalue weighted by molar-refractivity contribution is 5.97. The summed E-state index contributed by atoms with van der Waals surface area (Å²) in [6.45, 7) is 2.43. The maximum absolute atomic E-state index is 12.4. The van der Waals surface area contributed by atoms with Crippen LogP contribution in [0.25, 0.3) is 0 Å². The third kappa shape index (κ3) is 4.07. The van der Waals surface area contributed by atoms with Crippen molar-refractivity contribution in [3.8, 4) is 11.5 Å². The van der Waals surface area contributed by atoms with Crippen LogP contribution in [0.3, 0.4) is 0 Å². The van der Waals surface area contributed by atoms with Gasteiger partial charge in [-0.25, -0.2) is 4.79 Å². The summed E-state index contributed by atoms with van der Waals surface area (Å²) in [7, 11) is 3.10. The molecule has 1 aromatic rings. The standard InChI is InChI=1S/C18H24N4O5/c1-26-15-4-3-14(10-16(15)27-2)22-11-13(9-17(22)24)19-18(25)21-7-5-20(12-23)6-8-21/h3-4,10,12-13H,5-9,11H2,1-2H3,(H,19,25)/t13-/m1/s1. The van der Waals surface area contributed by atoms with Crippen LogP contribution in [0.1, 0.15) is 6.42 Å². The van der Waals surface area contributed by atoms with Gasteiger partial charge in [0, 0.05) is 50.9 Å². The molecule has 0 saturated carbocycles. The number of benzene rings is 1. The lowest BCUT2D eigenvalue weighted by atomic mass is 10.2. The summed E-state index contributed by atoms with van der Waals surface area (Å²) in [5, 5.41) is 2.92. The van der Waals surface area contributed by atoms with Crippen molar-refractivity contribution in [3.05, 3.63) is 18.2 Å². The van der Waals surface area contributed by atoms with Crippen LogP contribution in [0.15, 0.2) is 18.2 Å². The van der Waals surface area contributed by atoms with E-state index in [1.807, 2.05) is 0 Å². The van der Waals surface area contributed by atoms with Crippen LogP contribution in [0, 0.1) is 0 Å². The number of hydrogen-bond donors (Lipinski definition) is 1. The highest BCUT2D eigenvalue weighted by atomic mass is 16.5. The lowest BCUT2D eigenvalue weighted by Crippen LogP contribution is -2.53. The van der Waals surface area contributed by atoms with E-state index in [0.29, 0.717) is 49.9 Å². The Morgan fingerprint density at radius 3 is 2.48 bits per heavy atom. The number of nitrogens with zero attached hydrogens (tertiary/aromatic N) is 3. The zero-order chi connectivity index (χ0) is 19.4. The summed E-state index contributed by atoms with van der Waals surface area (Å²) >= 11 is 0. The van der Waals surface area contributed by atoms with Gasteiger partial charge in [-0.3, -0.25) is 9.59 Å². The quantitative estimate of drug-likeness (QED) is 0.746. The minimum atomic E-state index is -0.262. The molecule has 2 fully saturated rings. The Labute approximate surface area is 157 Å². The second-order valence-electron chi connectivity index (χ2n) is 6.52. The molecule has 1 atom stereocenters. The van der Waals surface area contributed by atoms with Crippen molar-refractivity contribution in [1.29, 1.82) is 0 Å². The van der Waals surface area contributed by atoms with Gasteiger partial charge in [0.2, 0.25) is 12.3 Å². The number of hydrogen-bond acceptors (Lipinski definition) is 5. The van der Waals surface area contributed by atoms with Crippen LogP contribution in [-0.4, -0.2) is 81.1 Å². The Morgan fingerprint density at radius 1 is 1.15 bits per heavy atom. The molecule has 2 saturated heterocycles. The molecular weight excluding hydrogens is 352 g/mol. The molecule has 27 heavy (non-hydrogen) atoms.